The van der Waals surface area contributed by atoms with Crippen LogP contribution in [0, 0.1) is 6.92 Å². The summed E-state index contributed by atoms with van der Waals surface area (Å²) < 4.78 is 10.6. The van der Waals surface area contributed by atoms with E-state index in [0.29, 0.717) is 0 Å². The van der Waals surface area contributed by atoms with Crippen LogP contribution in [0.15, 0.2) is 24.3 Å². The molecule has 0 bridgehead atoms. The third-order valence-electron chi connectivity index (χ3n) is 3.77. The molecule has 0 saturated carbocycles. The van der Waals surface area contributed by atoms with Gasteiger partial charge in [-0.25, -0.2) is 9.59 Å². The molecule has 1 aromatic rings. The van der Waals surface area contributed by atoms with Crippen molar-refractivity contribution in [1.82, 2.24) is 5.32 Å². The second-order valence-electron chi connectivity index (χ2n) is 7.16. The Bertz CT molecular complexity index is 577. The van der Waals surface area contributed by atoms with Crippen molar-refractivity contribution in [3.05, 3.63) is 35.4 Å². The number of nitrogens with one attached hydrogen (secondary N) is 1. The molecule has 0 fully saturated rings. The summed E-state index contributed by atoms with van der Waals surface area (Å²) in [5, 5.41) is 2.50. The van der Waals surface area contributed by atoms with E-state index in [2.05, 4.69) is 5.32 Å². The van der Waals surface area contributed by atoms with Crippen molar-refractivity contribution in [2.75, 3.05) is 0 Å². The van der Waals surface area contributed by atoms with E-state index >= 15 is 0 Å². The molecule has 0 spiro atoms. The quantitative estimate of drug-likeness (QED) is 0.828. The van der Waals surface area contributed by atoms with E-state index < -0.39 is 23.7 Å². The van der Waals surface area contributed by atoms with Gasteiger partial charge in [0, 0.05) is 5.92 Å². The van der Waals surface area contributed by atoms with Crippen LogP contribution in [0.1, 0.15) is 58.6 Å². The summed E-state index contributed by atoms with van der Waals surface area (Å²) in [6, 6.07) is 7.25. The summed E-state index contributed by atoms with van der Waals surface area (Å²) >= 11 is 0. The van der Waals surface area contributed by atoms with Crippen molar-refractivity contribution < 1.29 is 19.1 Å². The Morgan fingerprint density at radius 2 is 1.67 bits per heavy atom. The van der Waals surface area contributed by atoms with Crippen LogP contribution >= 0.6 is 0 Å². The SMILES string of the molecule is Cc1ccccc1[C@H](C)[C@@H](C)OC(=O)[C@@H](C)NC(=O)OC(C)(C)C. The Morgan fingerprint density at radius 1 is 1.08 bits per heavy atom. The average molecular weight is 335 g/mol. The number of rotatable bonds is 5. The van der Waals surface area contributed by atoms with Gasteiger partial charge in [0.15, 0.2) is 0 Å². The molecule has 0 radical (unpaired) electrons. The van der Waals surface area contributed by atoms with Gasteiger partial charge in [-0.15, -0.1) is 0 Å². The van der Waals surface area contributed by atoms with Crippen molar-refractivity contribution in [3.8, 4) is 0 Å². The minimum Gasteiger partial charge on any atom is -0.461 e. The normalized spacial score (nSPS) is 15.1. The average Bonchev–Trinajstić information content (AvgIpc) is 2.44. The largest absolute Gasteiger partial charge is 0.461 e. The van der Waals surface area contributed by atoms with Crippen LogP contribution in [-0.4, -0.2) is 29.8 Å². The molecule has 134 valence electrons. The lowest BCUT2D eigenvalue weighted by atomic mass is 9.92. The molecule has 0 aliphatic rings. The number of hydrogen-bond acceptors (Lipinski definition) is 4. The van der Waals surface area contributed by atoms with E-state index in [0.717, 1.165) is 11.1 Å². The van der Waals surface area contributed by atoms with Crippen LogP contribution in [0.3, 0.4) is 0 Å². The molecule has 0 aliphatic carbocycles. The van der Waals surface area contributed by atoms with Gasteiger partial charge >= 0.3 is 12.1 Å². The minimum absolute atomic E-state index is 0.0591. The summed E-state index contributed by atoms with van der Waals surface area (Å²) in [5.41, 5.74) is 1.69. The molecular formula is C19H29NO4. The monoisotopic (exact) mass is 335 g/mol. The summed E-state index contributed by atoms with van der Waals surface area (Å²) in [6.07, 6.45) is -0.937. The number of esters is 1. The van der Waals surface area contributed by atoms with Gasteiger partial charge in [-0.2, -0.15) is 0 Å². The van der Waals surface area contributed by atoms with Crippen LogP contribution in [-0.2, 0) is 14.3 Å². The van der Waals surface area contributed by atoms with Gasteiger partial charge in [-0.3, -0.25) is 0 Å². The fourth-order valence-electron chi connectivity index (χ4n) is 2.28. The molecule has 24 heavy (non-hydrogen) atoms. The van der Waals surface area contributed by atoms with Gasteiger partial charge in [-0.1, -0.05) is 31.2 Å². The van der Waals surface area contributed by atoms with E-state index in [1.54, 1.807) is 27.7 Å². The number of aryl methyl sites for hydroxylation is 1. The van der Waals surface area contributed by atoms with Crippen LogP contribution in [0.2, 0.25) is 0 Å². The predicted octanol–water partition coefficient (Wildman–Crippen LogP) is 3.94. The predicted molar refractivity (Wildman–Crippen MR) is 94.0 cm³/mol. The number of carbonyl (C=O) groups excluding carboxylic acids is 2. The first-order valence-corrected chi connectivity index (χ1v) is 8.27. The van der Waals surface area contributed by atoms with Crippen molar-refractivity contribution >= 4 is 12.1 Å². The second kappa shape index (κ2) is 8.18. The molecule has 0 unspecified atom stereocenters. The Balaban J connectivity index is 2.60. The van der Waals surface area contributed by atoms with Gasteiger partial charge in [0.05, 0.1) is 0 Å². The molecule has 5 heteroatoms. The third-order valence-corrected chi connectivity index (χ3v) is 3.77. The molecule has 3 atom stereocenters. The highest BCUT2D eigenvalue weighted by atomic mass is 16.6. The van der Waals surface area contributed by atoms with E-state index in [4.69, 9.17) is 9.47 Å². The molecule has 1 aromatic carbocycles. The molecular weight excluding hydrogens is 306 g/mol. The number of benzene rings is 1. The number of amides is 1. The van der Waals surface area contributed by atoms with Gasteiger partial charge < -0.3 is 14.8 Å². The highest BCUT2D eigenvalue weighted by Crippen LogP contribution is 2.24. The lowest BCUT2D eigenvalue weighted by Crippen LogP contribution is -2.43. The lowest BCUT2D eigenvalue weighted by molar-refractivity contribution is -0.151. The van der Waals surface area contributed by atoms with Crippen molar-refractivity contribution in [2.24, 2.45) is 0 Å². The van der Waals surface area contributed by atoms with Crippen molar-refractivity contribution in [3.63, 3.8) is 0 Å². The summed E-state index contributed by atoms with van der Waals surface area (Å²) in [5.74, 6) is -0.419. The number of ether oxygens (including phenoxy) is 2. The standard InChI is InChI=1S/C19H29NO4/c1-12-10-8-9-11-16(12)13(2)15(4)23-17(21)14(3)20-18(22)24-19(5,6)7/h8-11,13-15H,1-7H3,(H,20,22)/t13-,14-,15-/m1/s1. The first-order valence-electron chi connectivity index (χ1n) is 8.27. The minimum atomic E-state index is -0.772. The maximum atomic E-state index is 12.2. The number of hydrogen-bond donors (Lipinski definition) is 1. The molecule has 0 aliphatic heterocycles. The third kappa shape index (κ3) is 6.22. The zero-order valence-electron chi connectivity index (χ0n) is 15.7. The first kappa shape index (κ1) is 20.0. The Hall–Kier alpha value is -2.04. The van der Waals surface area contributed by atoms with Gasteiger partial charge in [0.25, 0.3) is 0 Å². The van der Waals surface area contributed by atoms with Crippen LogP contribution in [0.5, 0.6) is 0 Å². The Morgan fingerprint density at radius 3 is 2.21 bits per heavy atom. The lowest BCUT2D eigenvalue weighted by Gasteiger charge is -2.25. The fourth-order valence-corrected chi connectivity index (χ4v) is 2.28. The van der Waals surface area contributed by atoms with Gasteiger partial charge in [-0.05, 0) is 52.7 Å². The highest BCUT2D eigenvalue weighted by Gasteiger charge is 2.25. The Kier molecular flexibility index (Phi) is 6.81. The summed E-state index contributed by atoms with van der Waals surface area (Å²) in [6.45, 7) is 12.8. The molecule has 0 aromatic heterocycles. The zero-order valence-corrected chi connectivity index (χ0v) is 15.7. The van der Waals surface area contributed by atoms with Crippen LogP contribution < -0.4 is 5.32 Å². The van der Waals surface area contributed by atoms with Gasteiger partial charge in [0.1, 0.15) is 17.7 Å². The van der Waals surface area contributed by atoms with Crippen molar-refractivity contribution in [2.45, 2.75) is 72.1 Å². The van der Waals surface area contributed by atoms with E-state index in [1.807, 2.05) is 45.0 Å². The van der Waals surface area contributed by atoms with Crippen LogP contribution in [0.4, 0.5) is 4.79 Å². The van der Waals surface area contributed by atoms with E-state index in [9.17, 15) is 9.59 Å². The van der Waals surface area contributed by atoms with Gasteiger partial charge in [0.2, 0.25) is 0 Å². The highest BCUT2D eigenvalue weighted by molar-refractivity contribution is 5.81. The molecule has 1 amide bonds. The van der Waals surface area contributed by atoms with E-state index in [-0.39, 0.29) is 12.0 Å². The second-order valence-corrected chi connectivity index (χ2v) is 7.16. The van der Waals surface area contributed by atoms with E-state index in [1.165, 1.54) is 0 Å². The molecule has 1 rings (SSSR count). The van der Waals surface area contributed by atoms with Crippen molar-refractivity contribution in [1.29, 1.82) is 0 Å². The topological polar surface area (TPSA) is 64.6 Å². The summed E-state index contributed by atoms with van der Waals surface area (Å²) in [4.78, 5) is 23.9. The zero-order chi connectivity index (χ0) is 18.5. The maximum absolute atomic E-state index is 12.2. The molecule has 0 heterocycles. The Labute approximate surface area is 144 Å². The summed E-state index contributed by atoms with van der Waals surface area (Å²) in [7, 11) is 0. The smallest absolute Gasteiger partial charge is 0.408 e. The van der Waals surface area contributed by atoms with Crippen LogP contribution in [0.25, 0.3) is 0 Å². The number of carbonyl (C=O) groups is 2. The molecule has 1 N–H and O–H groups in total. The maximum Gasteiger partial charge on any atom is 0.408 e. The number of alkyl carbamates (subject to hydrolysis) is 1. The molecule has 5 nitrogen and oxygen atoms in total. The molecule has 0 saturated heterocycles. The first-order chi connectivity index (χ1) is 11.0. The fraction of sp³-hybridized carbons (Fsp3) is 0.579.